The highest BCUT2D eigenvalue weighted by atomic mass is 79.9. The fourth-order valence-corrected chi connectivity index (χ4v) is 4.87. The van der Waals surface area contributed by atoms with E-state index >= 15 is 0 Å². The first kappa shape index (κ1) is 18.7. The predicted octanol–water partition coefficient (Wildman–Crippen LogP) is 2.73. The lowest BCUT2D eigenvalue weighted by atomic mass is 9.77. The molecular formula is C17H25BrN4O2S. The van der Waals surface area contributed by atoms with Crippen molar-refractivity contribution in [2.24, 2.45) is 16.8 Å². The molecule has 1 aliphatic heterocycles. The van der Waals surface area contributed by atoms with E-state index in [-0.39, 0.29) is 4.90 Å². The summed E-state index contributed by atoms with van der Waals surface area (Å²) < 4.78 is 28.2. The topological polar surface area (TPSA) is 73.8 Å². The molecule has 0 spiro atoms. The third kappa shape index (κ3) is 4.35. The van der Waals surface area contributed by atoms with Crippen LogP contribution in [0.15, 0.2) is 38.6 Å². The van der Waals surface area contributed by atoms with Crippen molar-refractivity contribution in [1.82, 2.24) is 14.9 Å². The van der Waals surface area contributed by atoms with Crippen LogP contribution in [0.3, 0.4) is 0 Å². The molecule has 1 heterocycles. The summed E-state index contributed by atoms with van der Waals surface area (Å²) in [5.41, 5.74) is 0. The van der Waals surface area contributed by atoms with Crippen molar-refractivity contribution < 1.29 is 8.42 Å². The van der Waals surface area contributed by atoms with Gasteiger partial charge in [-0.1, -0.05) is 42.6 Å². The second kappa shape index (κ2) is 7.63. The minimum absolute atomic E-state index is 0.220. The molecule has 1 fully saturated rings. The summed E-state index contributed by atoms with van der Waals surface area (Å²) in [7, 11) is -3.62. The van der Waals surface area contributed by atoms with Gasteiger partial charge < -0.3 is 5.32 Å². The van der Waals surface area contributed by atoms with Gasteiger partial charge in [0.1, 0.15) is 0 Å². The van der Waals surface area contributed by atoms with Gasteiger partial charge in [0, 0.05) is 10.5 Å². The van der Waals surface area contributed by atoms with E-state index in [1.165, 1.54) is 19.3 Å². The number of sulfonamides is 1. The lowest BCUT2D eigenvalue weighted by Gasteiger charge is -2.42. The summed E-state index contributed by atoms with van der Waals surface area (Å²) in [4.78, 5) is 6.93. The van der Waals surface area contributed by atoms with Crippen LogP contribution in [-0.4, -0.2) is 38.7 Å². The molecule has 25 heavy (non-hydrogen) atoms. The molecular weight excluding hydrogens is 404 g/mol. The van der Waals surface area contributed by atoms with Gasteiger partial charge >= 0.3 is 0 Å². The Morgan fingerprint density at radius 3 is 2.60 bits per heavy atom. The molecule has 6 nitrogen and oxygen atoms in total. The molecule has 1 saturated carbocycles. The highest BCUT2D eigenvalue weighted by Gasteiger charge is 2.32. The lowest BCUT2D eigenvalue weighted by molar-refractivity contribution is 0.0768. The van der Waals surface area contributed by atoms with Crippen molar-refractivity contribution in [3.8, 4) is 0 Å². The molecule has 138 valence electrons. The Morgan fingerprint density at radius 1 is 1.24 bits per heavy atom. The predicted molar refractivity (Wildman–Crippen MR) is 103 cm³/mol. The minimum Gasteiger partial charge on any atom is -0.343 e. The number of nitrogens with zero attached hydrogens (tertiary/aromatic N) is 2. The van der Waals surface area contributed by atoms with Crippen LogP contribution in [0.1, 0.15) is 33.1 Å². The summed E-state index contributed by atoms with van der Waals surface area (Å²) >= 11 is 3.31. The number of guanidine groups is 1. The summed E-state index contributed by atoms with van der Waals surface area (Å²) in [5, 5.41) is 3.12. The zero-order valence-electron chi connectivity index (χ0n) is 14.6. The van der Waals surface area contributed by atoms with Crippen molar-refractivity contribution in [2.75, 3.05) is 13.3 Å². The Labute approximate surface area is 158 Å². The van der Waals surface area contributed by atoms with Crippen molar-refractivity contribution in [3.05, 3.63) is 28.7 Å². The molecule has 3 atom stereocenters. The number of aliphatic imine (C=N–C) groups is 1. The Bertz CT molecular complexity index is 736. The standard InChI is InChI=1S/C17H25BrN4O2S/c1-12-4-3-5-16(13(12)2)22-10-19-17(20-11-22)21-25(23,24)15-8-6-14(18)7-9-15/h6-9,12-13,16H,3-5,10-11H2,1-2H3,(H2,19,20,21)/t12-,13+,16+/m1/s1. The van der Waals surface area contributed by atoms with Gasteiger partial charge in [-0.2, -0.15) is 0 Å². The van der Waals surface area contributed by atoms with Crippen molar-refractivity contribution >= 4 is 31.9 Å². The molecule has 3 rings (SSSR count). The molecule has 0 unspecified atom stereocenters. The van der Waals surface area contributed by atoms with E-state index in [1.54, 1.807) is 24.3 Å². The Balaban J connectivity index is 1.64. The maximum absolute atomic E-state index is 12.4. The molecule has 1 aromatic rings. The van der Waals surface area contributed by atoms with Crippen LogP contribution in [0.2, 0.25) is 0 Å². The van der Waals surface area contributed by atoms with E-state index in [0.717, 1.165) is 10.4 Å². The van der Waals surface area contributed by atoms with Crippen LogP contribution in [-0.2, 0) is 10.0 Å². The van der Waals surface area contributed by atoms with Gasteiger partial charge in [-0.25, -0.2) is 18.1 Å². The average Bonchev–Trinajstić information content (AvgIpc) is 2.58. The van der Waals surface area contributed by atoms with Gasteiger partial charge in [-0.3, -0.25) is 4.90 Å². The fourth-order valence-electron chi connectivity index (χ4n) is 3.60. The monoisotopic (exact) mass is 428 g/mol. The van der Waals surface area contributed by atoms with E-state index < -0.39 is 10.0 Å². The molecule has 0 radical (unpaired) electrons. The first-order chi connectivity index (χ1) is 11.9. The molecule has 0 saturated heterocycles. The van der Waals surface area contributed by atoms with Crippen LogP contribution in [0.25, 0.3) is 0 Å². The summed E-state index contributed by atoms with van der Waals surface area (Å²) in [6.45, 7) is 5.76. The molecule has 2 aliphatic rings. The second-order valence-corrected chi connectivity index (χ2v) is 9.56. The number of hydrogen-bond donors (Lipinski definition) is 2. The van der Waals surface area contributed by atoms with Crippen LogP contribution < -0.4 is 10.0 Å². The normalized spacial score (nSPS) is 28.1. The average molecular weight is 429 g/mol. The first-order valence-corrected chi connectivity index (χ1v) is 10.9. The van der Waals surface area contributed by atoms with E-state index in [2.05, 4.69) is 49.7 Å². The maximum atomic E-state index is 12.4. The van der Waals surface area contributed by atoms with Gasteiger partial charge in [-0.15, -0.1) is 0 Å². The largest absolute Gasteiger partial charge is 0.343 e. The number of nitrogens with one attached hydrogen (secondary N) is 2. The summed E-state index contributed by atoms with van der Waals surface area (Å²) in [6.07, 6.45) is 3.72. The molecule has 8 heteroatoms. The third-order valence-electron chi connectivity index (χ3n) is 5.35. The summed E-state index contributed by atoms with van der Waals surface area (Å²) in [5.74, 6) is 1.67. The zero-order valence-corrected chi connectivity index (χ0v) is 17.0. The van der Waals surface area contributed by atoms with Crippen molar-refractivity contribution in [2.45, 2.75) is 44.0 Å². The van der Waals surface area contributed by atoms with Crippen molar-refractivity contribution in [1.29, 1.82) is 0 Å². The van der Waals surface area contributed by atoms with E-state index in [0.29, 0.717) is 31.3 Å². The Morgan fingerprint density at radius 2 is 1.96 bits per heavy atom. The summed E-state index contributed by atoms with van der Waals surface area (Å²) in [6, 6.07) is 7.04. The fraction of sp³-hybridized carbons (Fsp3) is 0.588. The Hall–Kier alpha value is -1.12. The van der Waals surface area contributed by atoms with Gasteiger partial charge in [0.2, 0.25) is 5.96 Å². The zero-order chi connectivity index (χ0) is 18.0. The Kier molecular flexibility index (Phi) is 5.70. The minimum atomic E-state index is -3.62. The molecule has 1 aliphatic carbocycles. The van der Waals surface area contributed by atoms with Gasteiger partial charge in [-0.05, 0) is 42.5 Å². The molecule has 0 bridgehead atoms. The number of benzene rings is 1. The maximum Gasteiger partial charge on any atom is 0.264 e. The SMILES string of the molecule is C[C@H]1[C@H](C)CCC[C@@H]1N1CN=C(NS(=O)(=O)c2ccc(Br)cc2)NC1. The quantitative estimate of drug-likeness (QED) is 0.775. The lowest BCUT2D eigenvalue weighted by Crippen LogP contribution is -2.55. The molecule has 0 amide bonds. The number of hydrogen-bond acceptors (Lipinski definition) is 5. The number of halogens is 1. The van der Waals surface area contributed by atoms with Gasteiger partial charge in [0.25, 0.3) is 10.0 Å². The van der Waals surface area contributed by atoms with Crippen LogP contribution in [0.5, 0.6) is 0 Å². The smallest absolute Gasteiger partial charge is 0.264 e. The molecule has 2 N–H and O–H groups in total. The molecule has 1 aromatic carbocycles. The van der Waals surface area contributed by atoms with E-state index in [4.69, 9.17) is 0 Å². The van der Waals surface area contributed by atoms with E-state index in [1.807, 2.05) is 0 Å². The van der Waals surface area contributed by atoms with Crippen LogP contribution in [0, 0.1) is 11.8 Å². The van der Waals surface area contributed by atoms with Crippen molar-refractivity contribution in [3.63, 3.8) is 0 Å². The van der Waals surface area contributed by atoms with Crippen LogP contribution in [0.4, 0.5) is 0 Å². The van der Waals surface area contributed by atoms with E-state index in [9.17, 15) is 8.42 Å². The van der Waals surface area contributed by atoms with Gasteiger partial charge in [0.15, 0.2) is 0 Å². The number of rotatable bonds is 3. The van der Waals surface area contributed by atoms with Gasteiger partial charge in [0.05, 0.1) is 18.2 Å². The highest BCUT2D eigenvalue weighted by molar-refractivity contribution is 9.10. The van der Waals surface area contributed by atoms with Crippen LogP contribution >= 0.6 is 15.9 Å². The first-order valence-electron chi connectivity index (χ1n) is 8.67. The highest BCUT2D eigenvalue weighted by Crippen LogP contribution is 2.32. The molecule has 0 aromatic heterocycles. The third-order valence-corrected chi connectivity index (χ3v) is 7.23. The second-order valence-electron chi connectivity index (χ2n) is 6.97.